The Morgan fingerprint density at radius 1 is 1.29 bits per heavy atom. The lowest BCUT2D eigenvalue weighted by Gasteiger charge is -2.00. The molecule has 3 nitrogen and oxygen atoms in total. The molecule has 1 aromatic heterocycles. The van der Waals surface area contributed by atoms with Crippen molar-refractivity contribution in [2.45, 2.75) is 6.42 Å². The van der Waals surface area contributed by atoms with Gasteiger partial charge < -0.3 is 5.32 Å². The van der Waals surface area contributed by atoms with E-state index in [2.05, 4.69) is 10.4 Å². The van der Waals surface area contributed by atoms with Gasteiger partial charge in [0.05, 0.1) is 11.4 Å². The molecule has 0 bridgehead atoms. The van der Waals surface area contributed by atoms with Crippen molar-refractivity contribution >= 4 is 0 Å². The van der Waals surface area contributed by atoms with Gasteiger partial charge in [0.2, 0.25) is 0 Å². The van der Waals surface area contributed by atoms with Gasteiger partial charge in [0, 0.05) is 20.0 Å². The number of hydrogen-bond acceptors (Lipinski definition) is 2. The zero-order chi connectivity index (χ0) is 12.3. The first-order chi connectivity index (χ1) is 8.20. The summed E-state index contributed by atoms with van der Waals surface area (Å²) >= 11 is 0. The van der Waals surface area contributed by atoms with Crippen molar-refractivity contribution in [3.8, 4) is 11.3 Å². The highest BCUT2D eigenvalue weighted by Crippen LogP contribution is 2.20. The van der Waals surface area contributed by atoms with Crippen molar-refractivity contribution in [3.63, 3.8) is 0 Å². The molecule has 0 aliphatic carbocycles. The van der Waals surface area contributed by atoms with Gasteiger partial charge in [-0.15, -0.1) is 0 Å². The van der Waals surface area contributed by atoms with E-state index in [0.29, 0.717) is 0 Å². The lowest BCUT2D eigenvalue weighted by atomic mass is 10.1. The molecule has 0 radical (unpaired) electrons. The van der Waals surface area contributed by atoms with Crippen molar-refractivity contribution in [2.24, 2.45) is 7.05 Å². The van der Waals surface area contributed by atoms with E-state index in [1.54, 1.807) is 12.1 Å². The lowest BCUT2D eigenvalue weighted by molar-refractivity contribution is 0.628. The number of nitrogens with zero attached hydrogens (tertiary/aromatic N) is 2. The predicted octanol–water partition coefficient (Wildman–Crippen LogP) is 1.99. The monoisotopic (exact) mass is 233 g/mol. The maximum Gasteiger partial charge on any atom is 0.123 e. The molecule has 0 atom stereocenters. The molecule has 0 aliphatic rings. The number of aromatic nitrogens is 2. The predicted molar refractivity (Wildman–Crippen MR) is 66.2 cm³/mol. The van der Waals surface area contributed by atoms with Gasteiger partial charge in [-0.2, -0.15) is 5.10 Å². The third-order valence-corrected chi connectivity index (χ3v) is 2.70. The summed E-state index contributed by atoms with van der Waals surface area (Å²) < 4.78 is 14.7. The number of halogens is 1. The number of benzene rings is 1. The van der Waals surface area contributed by atoms with Crippen molar-refractivity contribution in [3.05, 3.63) is 41.8 Å². The van der Waals surface area contributed by atoms with Crippen LogP contribution in [-0.2, 0) is 13.5 Å². The van der Waals surface area contributed by atoms with Gasteiger partial charge in [0.1, 0.15) is 5.82 Å². The van der Waals surface area contributed by atoms with Crippen LogP contribution in [0.25, 0.3) is 11.3 Å². The van der Waals surface area contributed by atoms with Crippen LogP contribution in [0.5, 0.6) is 0 Å². The molecule has 0 aliphatic heterocycles. The van der Waals surface area contributed by atoms with E-state index < -0.39 is 0 Å². The van der Waals surface area contributed by atoms with Crippen LogP contribution in [0.3, 0.4) is 0 Å². The van der Waals surface area contributed by atoms with Gasteiger partial charge in [-0.3, -0.25) is 4.68 Å². The highest BCUT2D eigenvalue weighted by atomic mass is 19.1. The molecule has 1 heterocycles. The first-order valence-electron chi connectivity index (χ1n) is 5.64. The van der Waals surface area contributed by atoms with Gasteiger partial charge in [-0.05, 0) is 42.9 Å². The normalized spacial score (nSPS) is 10.8. The Kier molecular flexibility index (Phi) is 3.54. The molecule has 4 heteroatoms. The summed E-state index contributed by atoms with van der Waals surface area (Å²) in [5.74, 6) is -0.216. The van der Waals surface area contributed by atoms with Gasteiger partial charge in [0.15, 0.2) is 0 Å². The minimum Gasteiger partial charge on any atom is -0.319 e. The van der Waals surface area contributed by atoms with Crippen LogP contribution in [0.1, 0.15) is 5.69 Å². The van der Waals surface area contributed by atoms with Crippen molar-refractivity contribution in [1.82, 2.24) is 15.1 Å². The number of rotatable bonds is 4. The van der Waals surface area contributed by atoms with Crippen LogP contribution in [-0.4, -0.2) is 23.4 Å². The molecule has 2 aromatic rings. The average molecular weight is 233 g/mol. The summed E-state index contributed by atoms with van der Waals surface area (Å²) in [6.45, 7) is 0.903. The van der Waals surface area contributed by atoms with E-state index in [4.69, 9.17) is 0 Å². The fourth-order valence-corrected chi connectivity index (χ4v) is 1.79. The molecule has 0 amide bonds. The van der Waals surface area contributed by atoms with Crippen molar-refractivity contribution in [2.75, 3.05) is 13.6 Å². The van der Waals surface area contributed by atoms with Gasteiger partial charge in [0.25, 0.3) is 0 Å². The van der Waals surface area contributed by atoms with Crippen LogP contribution in [0.15, 0.2) is 30.3 Å². The Morgan fingerprint density at radius 3 is 2.65 bits per heavy atom. The molecule has 1 aromatic carbocycles. The average Bonchev–Trinajstić information content (AvgIpc) is 2.69. The molecule has 0 spiro atoms. The van der Waals surface area contributed by atoms with E-state index in [-0.39, 0.29) is 5.82 Å². The Balaban J connectivity index is 2.26. The summed E-state index contributed by atoms with van der Waals surface area (Å²) in [4.78, 5) is 0. The van der Waals surface area contributed by atoms with Gasteiger partial charge >= 0.3 is 0 Å². The van der Waals surface area contributed by atoms with E-state index in [1.807, 2.05) is 24.8 Å². The Hall–Kier alpha value is -1.68. The molecule has 90 valence electrons. The second-order valence-electron chi connectivity index (χ2n) is 4.00. The number of nitrogens with one attached hydrogen (secondary N) is 1. The quantitative estimate of drug-likeness (QED) is 0.875. The Morgan fingerprint density at radius 2 is 2.00 bits per heavy atom. The van der Waals surface area contributed by atoms with Gasteiger partial charge in [-0.1, -0.05) is 0 Å². The summed E-state index contributed by atoms with van der Waals surface area (Å²) in [6.07, 6.45) is 0.894. The minimum absolute atomic E-state index is 0.216. The van der Waals surface area contributed by atoms with Crippen LogP contribution >= 0.6 is 0 Å². The molecule has 17 heavy (non-hydrogen) atoms. The van der Waals surface area contributed by atoms with Crippen LogP contribution in [0.4, 0.5) is 4.39 Å². The van der Waals surface area contributed by atoms with Crippen molar-refractivity contribution < 1.29 is 4.39 Å². The van der Waals surface area contributed by atoms with Crippen LogP contribution < -0.4 is 5.32 Å². The molecule has 0 unspecified atom stereocenters. The second kappa shape index (κ2) is 5.10. The standard InChI is InChI=1S/C13H16FN3/c1-15-8-7-12-9-13(17(2)16-12)10-3-5-11(14)6-4-10/h3-6,9,15H,7-8H2,1-2H3. The van der Waals surface area contributed by atoms with Crippen LogP contribution in [0.2, 0.25) is 0 Å². The topological polar surface area (TPSA) is 29.9 Å². The third kappa shape index (κ3) is 2.71. The highest BCUT2D eigenvalue weighted by Gasteiger charge is 2.07. The van der Waals surface area contributed by atoms with E-state index in [1.165, 1.54) is 12.1 Å². The molecule has 1 N–H and O–H groups in total. The molecular formula is C13H16FN3. The summed E-state index contributed by atoms with van der Waals surface area (Å²) in [5, 5.41) is 7.52. The SMILES string of the molecule is CNCCc1cc(-c2ccc(F)cc2)n(C)n1. The Bertz CT molecular complexity index is 488. The number of hydrogen-bond donors (Lipinski definition) is 1. The molecule has 2 rings (SSSR count). The fourth-order valence-electron chi connectivity index (χ4n) is 1.79. The van der Waals surface area contributed by atoms with Crippen molar-refractivity contribution in [1.29, 1.82) is 0 Å². The smallest absolute Gasteiger partial charge is 0.123 e. The van der Waals surface area contributed by atoms with E-state index >= 15 is 0 Å². The first-order valence-corrected chi connectivity index (χ1v) is 5.64. The molecule has 0 saturated heterocycles. The van der Waals surface area contributed by atoms with E-state index in [9.17, 15) is 4.39 Å². The summed E-state index contributed by atoms with van der Waals surface area (Å²) in [5.41, 5.74) is 3.04. The second-order valence-corrected chi connectivity index (χ2v) is 4.00. The zero-order valence-electron chi connectivity index (χ0n) is 10.1. The largest absolute Gasteiger partial charge is 0.319 e. The zero-order valence-corrected chi connectivity index (χ0v) is 10.1. The lowest BCUT2D eigenvalue weighted by Crippen LogP contribution is -2.10. The van der Waals surface area contributed by atoms with E-state index in [0.717, 1.165) is 29.9 Å². The third-order valence-electron chi connectivity index (χ3n) is 2.70. The number of aryl methyl sites for hydroxylation is 1. The summed E-state index contributed by atoms with van der Waals surface area (Å²) in [7, 11) is 3.82. The highest BCUT2D eigenvalue weighted by molar-refractivity contribution is 5.59. The first kappa shape index (κ1) is 11.8. The Labute approximate surface area is 100 Å². The fraction of sp³-hybridized carbons (Fsp3) is 0.308. The number of likely N-dealkylation sites (N-methyl/N-ethyl adjacent to an activating group) is 1. The maximum absolute atomic E-state index is 12.8. The molecule has 0 saturated carbocycles. The molecule has 0 fully saturated rings. The molecular weight excluding hydrogens is 217 g/mol. The van der Waals surface area contributed by atoms with Gasteiger partial charge in [-0.25, -0.2) is 4.39 Å². The summed E-state index contributed by atoms with van der Waals surface area (Å²) in [6, 6.07) is 8.53. The maximum atomic E-state index is 12.8. The van der Waals surface area contributed by atoms with Crippen LogP contribution in [0, 0.1) is 5.82 Å². The minimum atomic E-state index is -0.216.